The Hall–Kier alpha value is -5.69. The molecule has 0 aliphatic carbocycles. The first-order valence-corrected chi connectivity index (χ1v) is 16.0. The van der Waals surface area contributed by atoms with Gasteiger partial charge in [0.25, 0.3) is 11.6 Å². The summed E-state index contributed by atoms with van der Waals surface area (Å²) in [6.07, 6.45) is 4.33. The second-order valence-electron chi connectivity index (χ2n) is 11.6. The summed E-state index contributed by atoms with van der Waals surface area (Å²) >= 11 is 0. The van der Waals surface area contributed by atoms with E-state index >= 15 is 0 Å². The van der Waals surface area contributed by atoms with E-state index in [0.29, 0.717) is 56.6 Å². The first-order valence-electron chi connectivity index (χ1n) is 16.0. The van der Waals surface area contributed by atoms with Gasteiger partial charge in [-0.25, -0.2) is 18.4 Å². The smallest absolute Gasteiger partial charge is 0.507 e. The van der Waals surface area contributed by atoms with Crippen molar-refractivity contribution in [3.05, 3.63) is 143 Å². The Balaban J connectivity index is 0.000000290. The minimum absolute atomic E-state index is 0. The molecule has 12 nitrogen and oxygen atoms in total. The van der Waals surface area contributed by atoms with Crippen molar-refractivity contribution in [2.24, 2.45) is 0 Å². The number of aliphatic hydroxyl groups is 2. The molecule has 0 bridgehead atoms. The zero-order valence-electron chi connectivity index (χ0n) is 30.1. The number of carbonyl (C=O) groups excluding carboxylic acids is 2. The van der Waals surface area contributed by atoms with Crippen molar-refractivity contribution in [1.82, 2.24) is 9.13 Å². The van der Waals surface area contributed by atoms with Gasteiger partial charge >= 0.3 is 58.0 Å². The number of benzene rings is 4. The average molecular weight is 787 g/mol. The van der Waals surface area contributed by atoms with Crippen molar-refractivity contribution in [3.8, 4) is 11.5 Å². The average Bonchev–Trinajstić information content (AvgIpc) is 3.72. The third-order valence-electron chi connectivity index (χ3n) is 8.28. The van der Waals surface area contributed by atoms with Crippen molar-refractivity contribution >= 4 is 103 Å². The van der Waals surface area contributed by atoms with Crippen molar-refractivity contribution in [1.29, 1.82) is 0 Å². The molecule has 0 amide bonds. The van der Waals surface area contributed by atoms with Crippen LogP contribution >= 0.6 is 0 Å². The number of nitrogens with zero attached hydrogens (tertiary/aromatic N) is 2. The summed E-state index contributed by atoms with van der Waals surface area (Å²) in [5.74, 6) is -6.76. The van der Waals surface area contributed by atoms with Crippen LogP contribution in [-0.4, -0.2) is 113 Å². The van der Waals surface area contributed by atoms with Gasteiger partial charge in [-0.05, 0) is 36.4 Å². The quantitative estimate of drug-likeness (QED) is 0.0497. The number of carboxylic acid groups (broad SMARTS) is 2. The molecular formula is C40H32F2Mg2N2O10+4. The van der Waals surface area contributed by atoms with Crippen molar-refractivity contribution in [3.63, 3.8) is 0 Å². The molecule has 0 spiro atoms. The molecule has 0 atom stereocenters. The van der Waals surface area contributed by atoms with Crippen LogP contribution < -0.4 is 9.47 Å². The number of carbonyl (C=O) groups is 4. The summed E-state index contributed by atoms with van der Waals surface area (Å²) in [6, 6.07) is 23.0. The molecule has 0 aliphatic rings. The SMILES string of the molecule is COc1cccc2c1c(/C(O)=C/C(=O)C(=O)O)cn2Cc1ccccc1F.COc1cccc2c1c(/C(O)=C/C(=O)C(=O)O)cn2Cc1ccccc1F.[Mg+2].[Mg+2]. The van der Waals surface area contributed by atoms with Gasteiger partial charge in [0.15, 0.2) is 0 Å². The predicted octanol–water partition coefficient (Wildman–Crippen LogP) is 6.02. The second kappa shape index (κ2) is 19.8. The molecule has 2 heterocycles. The Labute approximate surface area is 350 Å². The molecule has 0 aliphatic heterocycles. The summed E-state index contributed by atoms with van der Waals surface area (Å²) in [5.41, 5.74) is 2.58. The van der Waals surface area contributed by atoms with Crippen LogP contribution in [0.4, 0.5) is 8.78 Å². The number of aliphatic hydroxyl groups excluding tert-OH is 2. The second-order valence-corrected chi connectivity index (χ2v) is 11.6. The fraction of sp³-hybridized carbons (Fsp3) is 0.100. The van der Waals surface area contributed by atoms with E-state index in [1.807, 2.05) is 0 Å². The van der Waals surface area contributed by atoms with Crippen LogP contribution in [0.25, 0.3) is 33.3 Å². The van der Waals surface area contributed by atoms with Gasteiger partial charge in [-0.2, -0.15) is 0 Å². The van der Waals surface area contributed by atoms with Crippen LogP contribution in [0.15, 0.2) is 109 Å². The van der Waals surface area contributed by atoms with Crippen LogP contribution in [0.5, 0.6) is 11.5 Å². The molecule has 0 radical (unpaired) electrons. The molecule has 0 fully saturated rings. The van der Waals surface area contributed by atoms with E-state index in [0.717, 1.165) is 0 Å². The molecule has 0 saturated heterocycles. The molecule has 0 unspecified atom stereocenters. The van der Waals surface area contributed by atoms with Crippen molar-refractivity contribution in [2.45, 2.75) is 13.1 Å². The van der Waals surface area contributed by atoms with Gasteiger partial charge in [-0.15, -0.1) is 0 Å². The summed E-state index contributed by atoms with van der Waals surface area (Å²) in [5, 5.41) is 39.1. The van der Waals surface area contributed by atoms with E-state index in [2.05, 4.69) is 0 Å². The number of halogens is 2. The number of ether oxygens (including phenoxy) is 2. The molecule has 276 valence electrons. The number of hydrogen-bond acceptors (Lipinski definition) is 8. The summed E-state index contributed by atoms with van der Waals surface area (Å²) in [7, 11) is 2.91. The minimum Gasteiger partial charge on any atom is -0.507 e. The maximum Gasteiger partial charge on any atom is 2.00 e. The Morgan fingerprint density at radius 3 is 1.25 bits per heavy atom. The number of aromatic nitrogens is 2. The van der Waals surface area contributed by atoms with E-state index < -0.39 is 35.0 Å². The zero-order chi connectivity index (χ0) is 39.1. The zero-order valence-corrected chi connectivity index (χ0v) is 32.9. The number of fused-ring (bicyclic) bond motifs is 2. The Bertz CT molecular complexity index is 2320. The standard InChI is InChI=1S/2C20H16FNO5.2Mg/c2*1-27-18-8-4-7-15-19(18)13(16(23)9-17(24)20(25)26)11-22(15)10-12-5-2-3-6-14(12)21;;/h2*2-9,11,23H,10H2,1H3,(H,25,26);;/q;;2*+2/b2*16-9-;;. The van der Waals surface area contributed by atoms with E-state index in [-0.39, 0.29) is 82.0 Å². The van der Waals surface area contributed by atoms with Crippen LogP contribution in [0.2, 0.25) is 0 Å². The number of carboxylic acids is 2. The topological polar surface area (TPSA) is 178 Å². The van der Waals surface area contributed by atoms with E-state index in [1.54, 1.807) is 81.9 Å². The Morgan fingerprint density at radius 2 is 0.929 bits per heavy atom. The monoisotopic (exact) mass is 786 g/mol. The number of methoxy groups -OCH3 is 2. The maximum absolute atomic E-state index is 14.0. The van der Waals surface area contributed by atoms with E-state index in [9.17, 15) is 38.2 Å². The fourth-order valence-electron chi connectivity index (χ4n) is 5.78. The molecule has 2 aromatic heterocycles. The molecule has 4 aromatic carbocycles. The van der Waals surface area contributed by atoms with Gasteiger partial charge < -0.3 is 39.0 Å². The summed E-state index contributed by atoms with van der Waals surface area (Å²) in [4.78, 5) is 44.4. The maximum atomic E-state index is 14.0. The molecule has 6 aromatic rings. The largest absolute Gasteiger partial charge is 2.00 e. The summed E-state index contributed by atoms with van der Waals surface area (Å²) < 4.78 is 42.1. The molecule has 4 N–H and O–H groups in total. The number of ketones is 2. The predicted molar refractivity (Wildman–Crippen MR) is 206 cm³/mol. The first-order chi connectivity index (χ1) is 25.8. The third-order valence-corrected chi connectivity index (χ3v) is 8.28. The number of hydrogen-bond donors (Lipinski definition) is 4. The van der Waals surface area contributed by atoms with Crippen LogP contribution in [-0.2, 0) is 32.3 Å². The van der Waals surface area contributed by atoms with Crippen LogP contribution in [0.3, 0.4) is 0 Å². The molecule has 6 rings (SSSR count). The summed E-state index contributed by atoms with van der Waals surface area (Å²) in [6.45, 7) is 0.354. The number of rotatable bonds is 12. The van der Waals surface area contributed by atoms with Gasteiger partial charge in [0, 0.05) is 46.8 Å². The Kier molecular flexibility index (Phi) is 15.8. The third kappa shape index (κ3) is 9.94. The molecule has 0 saturated carbocycles. The first kappa shape index (κ1) is 44.7. The molecular weight excluding hydrogens is 755 g/mol. The normalized spacial score (nSPS) is 11.1. The molecule has 16 heteroatoms. The van der Waals surface area contributed by atoms with Gasteiger partial charge in [-0.1, -0.05) is 48.5 Å². The van der Waals surface area contributed by atoms with Gasteiger partial charge in [0.1, 0.15) is 34.7 Å². The van der Waals surface area contributed by atoms with E-state index in [4.69, 9.17) is 19.7 Å². The van der Waals surface area contributed by atoms with Crippen LogP contribution in [0.1, 0.15) is 22.3 Å². The van der Waals surface area contributed by atoms with Crippen molar-refractivity contribution in [2.75, 3.05) is 14.2 Å². The minimum atomic E-state index is -1.68. The van der Waals surface area contributed by atoms with Gasteiger partial charge in [-0.3, -0.25) is 9.59 Å². The molecule has 56 heavy (non-hydrogen) atoms. The van der Waals surface area contributed by atoms with Gasteiger partial charge in [0.2, 0.25) is 0 Å². The fourth-order valence-corrected chi connectivity index (χ4v) is 5.78. The number of aliphatic carboxylic acids is 2. The van der Waals surface area contributed by atoms with E-state index in [1.165, 1.54) is 38.7 Å². The van der Waals surface area contributed by atoms with Crippen LogP contribution in [0, 0.1) is 11.6 Å². The van der Waals surface area contributed by atoms with Crippen molar-refractivity contribution < 1.29 is 57.9 Å². The van der Waals surface area contributed by atoms with Gasteiger partial charge in [0.05, 0.1) is 49.1 Å². The Morgan fingerprint density at radius 1 is 0.571 bits per heavy atom.